The summed E-state index contributed by atoms with van der Waals surface area (Å²) in [5.74, 6) is 1.30. The van der Waals surface area contributed by atoms with Crippen LogP contribution in [0.4, 0.5) is 0 Å². The van der Waals surface area contributed by atoms with Gasteiger partial charge in [-0.05, 0) is 44.0 Å². The molecule has 1 aromatic heterocycles. The second kappa shape index (κ2) is 8.02. The topological polar surface area (TPSA) is 54.7 Å². The zero-order valence-electron chi connectivity index (χ0n) is 14.0. The van der Waals surface area contributed by atoms with Gasteiger partial charge in [-0.15, -0.1) is 0 Å². The largest absolute Gasteiger partial charge is 0.492 e. The molecule has 2 heterocycles. The first-order chi connectivity index (χ1) is 11.7. The molecule has 5 nitrogen and oxygen atoms in total. The quantitative estimate of drug-likeness (QED) is 0.886. The van der Waals surface area contributed by atoms with E-state index in [1.165, 1.54) is 6.26 Å². The lowest BCUT2D eigenvalue weighted by Crippen LogP contribution is -2.48. The molecule has 0 saturated carbocycles. The predicted molar refractivity (Wildman–Crippen MR) is 92.2 cm³/mol. The van der Waals surface area contributed by atoms with Gasteiger partial charge in [-0.3, -0.25) is 4.79 Å². The van der Waals surface area contributed by atoms with Crippen molar-refractivity contribution in [3.8, 4) is 5.75 Å². The molecule has 24 heavy (non-hydrogen) atoms. The number of furan rings is 1. The van der Waals surface area contributed by atoms with Crippen molar-refractivity contribution in [2.45, 2.75) is 31.8 Å². The van der Waals surface area contributed by atoms with Gasteiger partial charge in [0.1, 0.15) is 12.4 Å². The Kier molecular flexibility index (Phi) is 5.54. The Morgan fingerprint density at radius 3 is 2.67 bits per heavy atom. The molecule has 0 unspecified atom stereocenters. The lowest BCUT2D eigenvalue weighted by atomic mass is 10.0. The van der Waals surface area contributed by atoms with Crippen LogP contribution in [-0.4, -0.2) is 42.6 Å². The standard InChI is InChI=1S/C19H24N2O3/c1-15(14-24-17-6-3-2-4-7-17)20-16-9-11-21(12-10-16)19(22)18-8-5-13-23-18/h2-8,13,15-16,20H,9-12,14H2,1H3/t15-/m1/s1. The number of para-hydroxylation sites is 1. The van der Waals surface area contributed by atoms with Crippen LogP contribution in [0.15, 0.2) is 53.1 Å². The molecule has 2 aromatic rings. The van der Waals surface area contributed by atoms with Gasteiger partial charge in [0.15, 0.2) is 5.76 Å². The van der Waals surface area contributed by atoms with Crippen LogP contribution in [-0.2, 0) is 0 Å². The third-order valence-electron chi connectivity index (χ3n) is 4.28. The Hall–Kier alpha value is -2.27. The van der Waals surface area contributed by atoms with Crippen molar-refractivity contribution in [2.75, 3.05) is 19.7 Å². The summed E-state index contributed by atoms with van der Waals surface area (Å²) in [6, 6.07) is 14.0. The van der Waals surface area contributed by atoms with Crippen LogP contribution in [0.25, 0.3) is 0 Å². The molecule has 3 rings (SSSR count). The van der Waals surface area contributed by atoms with E-state index in [9.17, 15) is 4.79 Å². The number of nitrogens with one attached hydrogen (secondary N) is 1. The molecule has 0 bridgehead atoms. The molecule has 0 aliphatic carbocycles. The van der Waals surface area contributed by atoms with Crippen molar-refractivity contribution in [3.05, 3.63) is 54.5 Å². The van der Waals surface area contributed by atoms with Gasteiger partial charge in [0.25, 0.3) is 5.91 Å². The van der Waals surface area contributed by atoms with Crippen molar-refractivity contribution in [1.82, 2.24) is 10.2 Å². The summed E-state index contributed by atoms with van der Waals surface area (Å²) < 4.78 is 11.0. The smallest absolute Gasteiger partial charge is 0.289 e. The molecule has 0 radical (unpaired) electrons. The SMILES string of the molecule is C[C@H](COc1ccccc1)NC1CCN(C(=O)c2ccco2)CC1. The molecule has 128 valence electrons. The zero-order valence-corrected chi connectivity index (χ0v) is 14.0. The summed E-state index contributed by atoms with van der Waals surface area (Å²) in [4.78, 5) is 14.1. The summed E-state index contributed by atoms with van der Waals surface area (Å²) >= 11 is 0. The Morgan fingerprint density at radius 1 is 1.25 bits per heavy atom. The minimum absolute atomic E-state index is 0.0149. The number of hydrogen-bond donors (Lipinski definition) is 1. The number of likely N-dealkylation sites (tertiary alicyclic amines) is 1. The number of carbonyl (C=O) groups excluding carboxylic acids is 1. The minimum Gasteiger partial charge on any atom is -0.492 e. The summed E-state index contributed by atoms with van der Waals surface area (Å²) in [5.41, 5.74) is 0. The number of benzene rings is 1. The molecule has 0 spiro atoms. The molecule has 1 aliphatic heterocycles. The van der Waals surface area contributed by atoms with Crippen molar-refractivity contribution in [2.24, 2.45) is 0 Å². The van der Waals surface area contributed by atoms with E-state index in [4.69, 9.17) is 9.15 Å². The summed E-state index contributed by atoms with van der Waals surface area (Å²) in [6.07, 6.45) is 3.43. The van der Waals surface area contributed by atoms with Crippen LogP contribution in [0.1, 0.15) is 30.3 Å². The van der Waals surface area contributed by atoms with E-state index in [-0.39, 0.29) is 11.9 Å². The Bertz CT molecular complexity index is 619. The average molecular weight is 328 g/mol. The first-order valence-corrected chi connectivity index (χ1v) is 8.49. The highest BCUT2D eigenvalue weighted by molar-refractivity contribution is 5.91. The van der Waals surface area contributed by atoms with Crippen LogP contribution in [0.5, 0.6) is 5.75 Å². The van der Waals surface area contributed by atoms with Crippen molar-refractivity contribution in [1.29, 1.82) is 0 Å². The molecular formula is C19H24N2O3. The van der Waals surface area contributed by atoms with E-state index in [1.54, 1.807) is 12.1 Å². The Balaban J connectivity index is 1.39. The molecule has 5 heteroatoms. The number of piperidine rings is 1. The van der Waals surface area contributed by atoms with Crippen LogP contribution in [0, 0.1) is 0 Å². The van der Waals surface area contributed by atoms with Gasteiger partial charge in [-0.25, -0.2) is 0 Å². The lowest BCUT2D eigenvalue weighted by molar-refractivity contribution is 0.0667. The first-order valence-electron chi connectivity index (χ1n) is 8.49. The number of amides is 1. The third kappa shape index (κ3) is 4.38. The van der Waals surface area contributed by atoms with Crippen molar-refractivity contribution < 1.29 is 13.9 Å². The van der Waals surface area contributed by atoms with Gasteiger partial charge in [0.05, 0.1) is 6.26 Å². The molecular weight excluding hydrogens is 304 g/mol. The number of hydrogen-bond acceptors (Lipinski definition) is 4. The predicted octanol–water partition coefficient (Wildman–Crippen LogP) is 2.94. The molecule has 1 aliphatic rings. The lowest BCUT2D eigenvalue weighted by Gasteiger charge is -2.33. The number of rotatable bonds is 6. The van der Waals surface area contributed by atoms with Crippen LogP contribution in [0.3, 0.4) is 0 Å². The normalized spacial score (nSPS) is 16.8. The number of nitrogens with zero attached hydrogens (tertiary/aromatic N) is 1. The van der Waals surface area contributed by atoms with Gasteiger partial charge < -0.3 is 19.4 Å². The monoisotopic (exact) mass is 328 g/mol. The summed E-state index contributed by atoms with van der Waals surface area (Å²) in [5, 5.41) is 3.60. The van der Waals surface area contributed by atoms with Crippen LogP contribution >= 0.6 is 0 Å². The number of ether oxygens (including phenoxy) is 1. The highest BCUT2D eigenvalue weighted by Gasteiger charge is 2.25. The maximum absolute atomic E-state index is 12.2. The second-order valence-electron chi connectivity index (χ2n) is 6.24. The maximum Gasteiger partial charge on any atom is 0.289 e. The summed E-state index contributed by atoms with van der Waals surface area (Å²) in [6.45, 7) is 4.27. The minimum atomic E-state index is -0.0149. The van der Waals surface area contributed by atoms with Gasteiger partial charge >= 0.3 is 0 Å². The molecule has 1 fully saturated rings. The van der Waals surface area contributed by atoms with E-state index in [1.807, 2.05) is 35.2 Å². The molecule has 1 saturated heterocycles. The van der Waals surface area contributed by atoms with Crippen molar-refractivity contribution >= 4 is 5.91 Å². The molecule has 1 amide bonds. The molecule has 1 N–H and O–H groups in total. The van der Waals surface area contributed by atoms with E-state index < -0.39 is 0 Å². The zero-order chi connectivity index (χ0) is 16.8. The van der Waals surface area contributed by atoms with Gasteiger partial charge in [-0.1, -0.05) is 18.2 Å². The van der Waals surface area contributed by atoms with Crippen LogP contribution < -0.4 is 10.1 Å². The first kappa shape index (κ1) is 16.6. The fourth-order valence-electron chi connectivity index (χ4n) is 2.99. The Morgan fingerprint density at radius 2 is 2.00 bits per heavy atom. The van der Waals surface area contributed by atoms with E-state index in [0.29, 0.717) is 18.4 Å². The van der Waals surface area contributed by atoms with E-state index in [0.717, 1.165) is 31.7 Å². The van der Waals surface area contributed by atoms with Gasteiger partial charge in [0, 0.05) is 25.2 Å². The third-order valence-corrected chi connectivity index (χ3v) is 4.28. The second-order valence-corrected chi connectivity index (χ2v) is 6.24. The number of carbonyl (C=O) groups is 1. The molecule has 1 aromatic carbocycles. The fourth-order valence-corrected chi connectivity index (χ4v) is 2.99. The summed E-state index contributed by atoms with van der Waals surface area (Å²) in [7, 11) is 0. The van der Waals surface area contributed by atoms with Crippen molar-refractivity contribution in [3.63, 3.8) is 0 Å². The Labute approximate surface area is 142 Å². The van der Waals surface area contributed by atoms with Gasteiger partial charge in [-0.2, -0.15) is 0 Å². The fraction of sp³-hybridized carbons (Fsp3) is 0.421. The van der Waals surface area contributed by atoms with Gasteiger partial charge in [0.2, 0.25) is 0 Å². The maximum atomic E-state index is 12.2. The van der Waals surface area contributed by atoms with E-state index in [2.05, 4.69) is 12.2 Å². The molecule has 1 atom stereocenters. The van der Waals surface area contributed by atoms with Crippen LogP contribution in [0.2, 0.25) is 0 Å². The highest BCUT2D eigenvalue weighted by Crippen LogP contribution is 2.15. The van der Waals surface area contributed by atoms with E-state index >= 15 is 0 Å². The average Bonchev–Trinajstić information content (AvgIpc) is 3.16. The highest BCUT2D eigenvalue weighted by atomic mass is 16.5.